The van der Waals surface area contributed by atoms with Crippen LogP contribution in [0.3, 0.4) is 0 Å². The molecule has 3 aromatic rings. The Morgan fingerprint density at radius 2 is 1.93 bits per heavy atom. The standard InChI is InChI=1S/C20H18F2N4O3/c1-3-26-19(28)16-10-5-4-9-15(16)17(25-26)18(27)24-23-12(2)13-7-6-8-14(11-13)29-20(21)22/h4-11,20H,3H2,1-2H3,(H,24,27)/b23-12-. The first-order valence-electron chi connectivity index (χ1n) is 8.80. The number of hydrazone groups is 1. The lowest BCUT2D eigenvalue weighted by atomic mass is 10.1. The van der Waals surface area contributed by atoms with Crippen molar-refractivity contribution in [3.05, 3.63) is 70.1 Å². The molecule has 1 amide bonds. The monoisotopic (exact) mass is 400 g/mol. The predicted octanol–water partition coefficient (Wildman–Crippen LogP) is 3.17. The molecule has 0 radical (unpaired) electrons. The second-order valence-corrected chi connectivity index (χ2v) is 6.06. The van der Waals surface area contributed by atoms with E-state index in [0.717, 1.165) is 0 Å². The van der Waals surface area contributed by atoms with E-state index in [0.29, 0.717) is 28.6 Å². The highest BCUT2D eigenvalue weighted by Crippen LogP contribution is 2.17. The number of amides is 1. The molecule has 0 fully saturated rings. The average Bonchev–Trinajstić information content (AvgIpc) is 2.72. The van der Waals surface area contributed by atoms with Crippen LogP contribution in [0.5, 0.6) is 5.75 Å². The Bertz CT molecular complexity index is 1140. The van der Waals surface area contributed by atoms with Crippen molar-refractivity contribution in [2.24, 2.45) is 5.10 Å². The summed E-state index contributed by atoms with van der Waals surface area (Å²) in [6.07, 6.45) is 0. The molecule has 0 aliphatic carbocycles. The van der Waals surface area contributed by atoms with Crippen LogP contribution in [-0.2, 0) is 6.54 Å². The third-order valence-electron chi connectivity index (χ3n) is 4.18. The van der Waals surface area contributed by atoms with Gasteiger partial charge in [-0.3, -0.25) is 9.59 Å². The van der Waals surface area contributed by atoms with Gasteiger partial charge in [0.25, 0.3) is 11.5 Å². The molecule has 0 bridgehead atoms. The molecule has 29 heavy (non-hydrogen) atoms. The highest BCUT2D eigenvalue weighted by molar-refractivity contribution is 6.06. The molecule has 2 aromatic carbocycles. The number of aryl methyl sites for hydroxylation is 1. The summed E-state index contributed by atoms with van der Waals surface area (Å²) in [6, 6.07) is 12.7. The largest absolute Gasteiger partial charge is 0.435 e. The first-order valence-corrected chi connectivity index (χ1v) is 8.80. The number of hydrogen-bond donors (Lipinski definition) is 1. The van der Waals surface area contributed by atoms with Gasteiger partial charge >= 0.3 is 6.61 Å². The van der Waals surface area contributed by atoms with Gasteiger partial charge in [0.1, 0.15) is 5.75 Å². The van der Waals surface area contributed by atoms with Crippen molar-refractivity contribution in [2.45, 2.75) is 27.0 Å². The first kappa shape index (κ1) is 20.1. The van der Waals surface area contributed by atoms with E-state index in [9.17, 15) is 18.4 Å². The highest BCUT2D eigenvalue weighted by atomic mass is 19.3. The normalized spacial score (nSPS) is 11.7. The number of ether oxygens (including phenoxy) is 1. The lowest BCUT2D eigenvalue weighted by Crippen LogP contribution is -2.28. The van der Waals surface area contributed by atoms with Crippen LogP contribution in [0.1, 0.15) is 29.9 Å². The number of fused-ring (bicyclic) bond motifs is 1. The quantitative estimate of drug-likeness (QED) is 0.509. The number of nitrogens with zero attached hydrogens (tertiary/aromatic N) is 3. The molecule has 0 aliphatic rings. The maximum Gasteiger partial charge on any atom is 0.387 e. The van der Waals surface area contributed by atoms with E-state index in [2.05, 4.69) is 20.4 Å². The number of hydrogen-bond acceptors (Lipinski definition) is 5. The zero-order chi connectivity index (χ0) is 21.0. The minimum Gasteiger partial charge on any atom is -0.435 e. The fourth-order valence-electron chi connectivity index (χ4n) is 2.77. The number of nitrogens with one attached hydrogen (secondary N) is 1. The van der Waals surface area contributed by atoms with Crippen molar-refractivity contribution in [2.75, 3.05) is 0 Å². The molecule has 0 spiro atoms. The lowest BCUT2D eigenvalue weighted by Gasteiger charge is -2.09. The van der Waals surface area contributed by atoms with E-state index in [-0.39, 0.29) is 17.0 Å². The van der Waals surface area contributed by atoms with Crippen molar-refractivity contribution < 1.29 is 18.3 Å². The third kappa shape index (κ3) is 4.45. The van der Waals surface area contributed by atoms with Crippen LogP contribution in [0.2, 0.25) is 0 Å². The molecule has 1 N–H and O–H groups in total. The fourth-order valence-corrected chi connectivity index (χ4v) is 2.77. The summed E-state index contributed by atoms with van der Waals surface area (Å²) in [5.41, 5.74) is 3.06. The molecule has 0 aliphatic heterocycles. The van der Waals surface area contributed by atoms with Crippen molar-refractivity contribution >= 4 is 22.4 Å². The van der Waals surface area contributed by atoms with E-state index in [1.54, 1.807) is 50.2 Å². The third-order valence-corrected chi connectivity index (χ3v) is 4.18. The van der Waals surface area contributed by atoms with Gasteiger partial charge in [-0.05, 0) is 32.0 Å². The van der Waals surface area contributed by atoms with Gasteiger partial charge in [0.05, 0.1) is 11.1 Å². The second kappa shape index (κ2) is 8.59. The van der Waals surface area contributed by atoms with Crippen LogP contribution < -0.4 is 15.7 Å². The van der Waals surface area contributed by atoms with Gasteiger partial charge in [-0.15, -0.1) is 0 Å². The fraction of sp³-hybridized carbons (Fsp3) is 0.200. The zero-order valence-electron chi connectivity index (χ0n) is 15.7. The summed E-state index contributed by atoms with van der Waals surface area (Å²) in [6.45, 7) is 0.737. The topological polar surface area (TPSA) is 85.6 Å². The number of halogens is 2. The van der Waals surface area contributed by atoms with Gasteiger partial charge in [0.15, 0.2) is 5.69 Å². The molecule has 0 saturated heterocycles. The number of alkyl halides is 2. The van der Waals surface area contributed by atoms with Crippen molar-refractivity contribution in [3.63, 3.8) is 0 Å². The Hall–Kier alpha value is -3.62. The minimum absolute atomic E-state index is 0.0129. The Morgan fingerprint density at radius 1 is 1.21 bits per heavy atom. The maximum absolute atomic E-state index is 12.7. The molecule has 0 saturated carbocycles. The number of carbonyl (C=O) groups is 1. The summed E-state index contributed by atoms with van der Waals surface area (Å²) in [5.74, 6) is -0.608. The summed E-state index contributed by atoms with van der Waals surface area (Å²) in [4.78, 5) is 25.0. The maximum atomic E-state index is 12.7. The number of aromatic nitrogens is 2. The van der Waals surface area contributed by atoms with E-state index in [4.69, 9.17) is 0 Å². The molecule has 1 aromatic heterocycles. The van der Waals surface area contributed by atoms with E-state index in [1.807, 2.05) is 0 Å². The van der Waals surface area contributed by atoms with Crippen LogP contribution in [0.15, 0.2) is 58.4 Å². The van der Waals surface area contributed by atoms with Crippen molar-refractivity contribution in [1.82, 2.24) is 15.2 Å². The molecular weight excluding hydrogens is 382 g/mol. The number of carbonyl (C=O) groups excluding carboxylic acids is 1. The summed E-state index contributed by atoms with van der Waals surface area (Å²) in [7, 11) is 0. The van der Waals surface area contributed by atoms with E-state index >= 15 is 0 Å². The molecule has 1 heterocycles. The first-order chi connectivity index (χ1) is 13.9. The molecule has 9 heteroatoms. The molecule has 7 nitrogen and oxygen atoms in total. The molecular formula is C20H18F2N4O3. The second-order valence-electron chi connectivity index (χ2n) is 6.06. The van der Waals surface area contributed by atoms with Crippen molar-refractivity contribution in [3.8, 4) is 5.75 Å². The molecule has 3 rings (SSSR count). The highest BCUT2D eigenvalue weighted by Gasteiger charge is 2.16. The summed E-state index contributed by atoms with van der Waals surface area (Å²) in [5, 5.41) is 8.96. The van der Waals surface area contributed by atoms with Crippen LogP contribution in [-0.4, -0.2) is 28.0 Å². The van der Waals surface area contributed by atoms with Crippen LogP contribution in [0, 0.1) is 0 Å². The van der Waals surface area contributed by atoms with Crippen LogP contribution in [0.25, 0.3) is 10.8 Å². The van der Waals surface area contributed by atoms with Gasteiger partial charge < -0.3 is 4.74 Å². The SMILES string of the molecule is CCn1nc(C(=O)N/N=C(/C)c2cccc(OC(F)F)c2)c2ccccc2c1=O. The Morgan fingerprint density at radius 3 is 2.62 bits per heavy atom. The molecule has 150 valence electrons. The number of rotatable bonds is 6. The number of benzene rings is 2. The van der Waals surface area contributed by atoms with E-state index in [1.165, 1.54) is 16.8 Å². The van der Waals surface area contributed by atoms with Crippen LogP contribution in [0.4, 0.5) is 8.78 Å². The summed E-state index contributed by atoms with van der Waals surface area (Å²) < 4.78 is 30.3. The van der Waals surface area contributed by atoms with Gasteiger partial charge in [-0.1, -0.05) is 30.3 Å². The molecule has 0 unspecified atom stereocenters. The smallest absolute Gasteiger partial charge is 0.387 e. The average molecular weight is 400 g/mol. The van der Waals surface area contributed by atoms with Crippen LogP contribution >= 0.6 is 0 Å². The molecule has 0 atom stereocenters. The summed E-state index contributed by atoms with van der Waals surface area (Å²) >= 11 is 0. The van der Waals surface area contributed by atoms with Gasteiger partial charge in [-0.2, -0.15) is 19.0 Å². The Balaban J connectivity index is 1.89. The predicted molar refractivity (Wildman–Crippen MR) is 104 cm³/mol. The Kier molecular flexibility index (Phi) is 5.96. The Labute approximate surface area is 164 Å². The minimum atomic E-state index is -2.93. The van der Waals surface area contributed by atoms with Crippen molar-refractivity contribution in [1.29, 1.82) is 0 Å². The zero-order valence-corrected chi connectivity index (χ0v) is 15.7. The lowest BCUT2D eigenvalue weighted by molar-refractivity contribution is -0.0498. The van der Waals surface area contributed by atoms with E-state index < -0.39 is 12.5 Å². The van der Waals surface area contributed by atoms with Gasteiger partial charge in [-0.25, -0.2) is 10.1 Å². The van der Waals surface area contributed by atoms with Gasteiger partial charge in [0, 0.05) is 17.5 Å². The van der Waals surface area contributed by atoms with Gasteiger partial charge in [0.2, 0.25) is 0 Å².